The molecule has 3 aromatic rings. The normalized spacial score (nSPS) is 30.1. The molecule has 4 aliphatic heterocycles. The van der Waals surface area contributed by atoms with Gasteiger partial charge in [0, 0.05) is 80.8 Å². The summed E-state index contributed by atoms with van der Waals surface area (Å²) in [6, 6.07) is 9.93. The second-order valence-corrected chi connectivity index (χ2v) is 18.6. The lowest BCUT2D eigenvalue weighted by Gasteiger charge is -2.42. The molecule has 0 aliphatic carbocycles. The summed E-state index contributed by atoms with van der Waals surface area (Å²) >= 11 is 0. The second kappa shape index (κ2) is 20.5. The molecule has 16 heteroatoms. The van der Waals surface area contributed by atoms with Crippen LogP contribution in [-0.2, 0) is 30.3 Å². The number of nitrogens with one attached hydrogen (secondary N) is 1. The highest BCUT2D eigenvalue weighted by Crippen LogP contribution is 2.55. The van der Waals surface area contributed by atoms with Gasteiger partial charge < -0.3 is 49.8 Å². The first kappa shape index (κ1) is 50.5. The van der Waals surface area contributed by atoms with Gasteiger partial charge in [-0.05, 0) is 39.3 Å². The van der Waals surface area contributed by atoms with E-state index in [1.807, 2.05) is 37.1 Å². The van der Waals surface area contributed by atoms with Crippen LogP contribution in [0.5, 0.6) is 23.0 Å². The van der Waals surface area contributed by atoms with Gasteiger partial charge in [-0.3, -0.25) is 24.3 Å². The van der Waals surface area contributed by atoms with Gasteiger partial charge in [0.1, 0.15) is 23.4 Å². The van der Waals surface area contributed by atoms with Crippen molar-refractivity contribution in [3.05, 3.63) is 88.7 Å². The Kier molecular flexibility index (Phi) is 15.5. The van der Waals surface area contributed by atoms with E-state index in [9.17, 15) is 39.9 Å². The average Bonchev–Trinajstić information content (AvgIpc) is 3.55. The number of Topliss-reactive ketones (excluding diaryl/α,β-unsaturated/α-hetero) is 1. The zero-order chi connectivity index (χ0) is 49.2. The number of benzene rings is 3. The van der Waals surface area contributed by atoms with Crippen LogP contribution in [0.25, 0.3) is 10.8 Å². The Bertz CT molecular complexity index is 2460. The first-order valence-corrected chi connectivity index (χ1v) is 22.8. The van der Waals surface area contributed by atoms with Gasteiger partial charge in [0.05, 0.1) is 65.1 Å². The van der Waals surface area contributed by atoms with Gasteiger partial charge in [-0.2, -0.15) is 5.10 Å². The Morgan fingerprint density at radius 3 is 2.19 bits per heavy atom. The monoisotopic (exact) mass is 926 g/mol. The lowest BCUT2D eigenvalue weighted by molar-refractivity contribution is -0.160. The molecule has 16 nitrogen and oxygen atoms in total. The van der Waals surface area contributed by atoms with Crippen LogP contribution in [0.2, 0.25) is 0 Å². The van der Waals surface area contributed by atoms with Gasteiger partial charge in [-0.15, -0.1) is 0 Å². The number of piperazine rings is 1. The van der Waals surface area contributed by atoms with Crippen molar-refractivity contribution in [2.45, 2.75) is 118 Å². The van der Waals surface area contributed by atoms with Crippen molar-refractivity contribution < 1.29 is 58.9 Å². The molecule has 0 aromatic heterocycles. The Morgan fingerprint density at radius 1 is 0.910 bits per heavy atom. The molecule has 1 fully saturated rings. The highest BCUT2D eigenvalue weighted by Gasteiger charge is 2.50. The smallest absolute Gasteiger partial charge is 0.312 e. The van der Waals surface area contributed by atoms with Crippen LogP contribution in [0.15, 0.2) is 71.6 Å². The Balaban J connectivity index is 1.49. The van der Waals surface area contributed by atoms with Crippen molar-refractivity contribution >= 4 is 40.3 Å². The van der Waals surface area contributed by atoms with E-state index in [1.165, 1.54) is 65.0 Å². The summed E-state index contributed by atoms with van der Waals surface area (Å²) in [4.78, 5) is 43.4. The maximum Gasteiger partial charge on any atom is 0.312 e. The third kappa shape index (κ3) is 10.2. The minimum Gasteiger partial charge on any atom is -0.507 e. The molecule has 4 aliphatic rings. The van der Waals surface area contributed by atoms with E-state index in [4.69, 9.17) is 24.0 Å². The van der Waals surface area contributed by atoms with Gasteiger partial charge >= 0.3 is 11.8 Å². The van der Waals surface area contributed by atoms with Crippen LogP contribution < -0.4 is 10.1 Å². The van der Waals surface area contributed by atoms with E-state index in [0.717, 1.165) is 6.54 Å². The summed E-state index contributed by atoms with van der Waals surface area (Å²) in [5, 5.41) is 68.1. The molecule has 1 saturated heterocycles. The number of hydrogen-bond donors (Lipinski definition) is 6. The average molecular weight is 927 g/mol. The number of rotatable bonds is 6. The van der Waals surface area contributed by atoms with E-state index in [-0.39, 0.29) is 56.6 Å². The molecule has 0 saturated carbocycles. The van der Waals surface area contributed by atoms with Crippen molar-refractivity contribution in [1.82, 2.24) is 9.91 Å². The van der Waals surface area contributed by atoms with Crippen molar-refractivity contribution in [2.24, 2.45) is 28.8 Å². The number of nitrogens with zero attached hydrogens (tertiary/aromatic N) is 3. The largest absolute Gasteiger partial charge is 0.507 e. The number of amides is 1. The molecule has 0 spiro atoms. The quantitative estimate of drug-likeness (QED) is 0.0658. The summed E-state index contributed by atoms with van der Waals surface area (Å²) in [5.41, 5.74) is 0.785. The number of ether oxygens (including phenoxy) is 4. The number of aliphatic hydroxyl groups excluding tert-OH is 2. The Hall–Kier alpha value is -5.94. The Morgan fingerprint density at radius 2 is 1.57 bits per heavy atom. The van der Waals surface area contributed by atoms with E-state index in [1.54, 1.807) is 39.8 Å². The van der Waals surface area contributed by atoms with Crippen LogP contribution >= 0.6 is 0 Å². The molecule has 1 amide bonds. The number of phenolic OH excluding ortho intramolecular Hbond substituents is 3. The molecule has 5 bridgehead atoms. The number of hydrazone groups is 1. The molecule has 67 heavy (non-hydrogen) atoms. The number of aliphatic hydroxyl groups is 2. The number of esters is 1. The minimum atomic E-state index is -2.07. The minimum absolute atomic E-state index is 0.0500. The zero-order valence-corrected chi connectivity index (χ0v) is 40.2. The summed E-state index contributed by atoms with van der Waals surface area (Å²) in [5.74, 6) is -8.46. The SMILES string of the molecule is COC1C=COC2(C)Oc3c(C)c(O)c4c(O)c(c(C=NN5C(C)CN(Cc6ccccc6)CC5C)c(O)c4c3C2=O)NC(=O)C(C)=CC=CC(C)C(O)C(C)C(O)C(C)C(OC(C)=O)C1C. The summed E-state index contributed by atoms with van der Waals surface area (Å²) in [7, 11) is 1.44. The maximum atomic E-state index is 14.6. The van der Waals surface area contributed by atoms with Crippen LogP contribution in [0, 0.1) is 30.6 Å². The first-order chi connectivity index (χ1) is 31.6. The lowest BCUT2D eigenvalue weighted by atomic mass is 9.78. The van der Waals surface area contributed by atoms with Gasteiger partial charge in [-0.25, -0.2) is 0 Å². The third-order valence-electron chi connectivity index (χ3n) is 13.6. The van der Waals surface area contributed by atoms with Gasteiger partial charge in [0.2, 0.25) is 0 Å². The fourth-order valence-corrected chi connectivity index (χ4v) is 9.62. The van der Waals surface area contributed by atoms with Crippen LogP contribution in [0.3, 0.4) is 0 Å². The van der Waals surface area contributed by atoms with Crippen molar-refractivity contribution in [1.29, 1.82) is 0 Å². The van der Waals surface area contributed by atoms with Crippen LogP contribution in [-0.4, -0.2) is 122 Å². The number of phenols is 3. The van der Waals surface area contributed by atoms with E-state index in [0.29, 0.717) is 13.1 Å². The van der Waals surface area contributed by atoms with Crippen molar-refractivity contribution in [3.8, 4) is 23.0 Å². The third-order valence-corrected chi connectivity index (χ3v) is 13.6. The zero-order valence-electron chi connectivity index (χ0n) is 40.2. The molecular formula is C51H66N4O12. The molecule has 11 atom stereocenters. The molecule has 6 N–H and O–H groups in total. The highest BCUT2D eigenvalue weighted by atomic mass is 16.7. The number of allylic oxidation sites excluding steroid dienone is 2. The van der Waals surface area contributed by atoms with Gasteiger partial charge in [0.25, 0.3) is 11.7 Å². The van der Waals surface area contributed by atoms with E-state index >= 15 is 0 Å². The summed E-state index contributed by atoms with van der Waals surface area (Å²) in [6.07, 6.45) is 4.88. The number of carbonyl (C=O) groups excluding carboxylic acids is 3. The summed E-state index contributed by atoms with van der Waals surface area (Å²) in [6.45, 7) is 18.7. The second-order valence-electron chi connectivity index (χ2n) is 18.6. The van der Waals surface area contributed by atoms with E-state index < -0.39 is 88.8 Å². The van der Waals surface area contributed by atoms with E-state index in [2.05, 4.69) is 22.3 Å². The predicted octanol–water partition coefficient (Wildman–Crippen LogP) is 6.68. The number of hydrogen-bond acceptors (Lipinski definition) is 15. The fourth-order valence-electron chi connectivity index (χ4n) is 9.62. The molecule has 0 radical (unpaired) electrons. The highest BCUT2D eigenvalue weighted by molar-refractivity contribution is 6.23. The lowest BCUT2D eigenvalue weighted by Crippen LogP contribution is -2.54. The fraction of sp³-hybridized carbons (Fsp3) is 0.490. The number of aromatic hydroxyl groups is 3. The molecule has 4 heterocycles. The molecule has 7 rings (SSSR count). The number of carbonyl (C=O) groups is 3. The number of ketones is 1. The van der Waals surface area contributed by atoms with Gasteiger partial charge in [0.15, 0.2) is 5.75 Å². The van der Waals surface area contributed by atoms with Crippen molar-refractivity contribution in [3.63, 3.8) is 0 Å². The molecule has 362 valence electrons. The first-order valence-electron chi connectivity index (χ1n) is 22.8. The van der Waals surface area contributed by atoms with Crippen LogP contribution in [0.4, 0.5) is 5.69 Å². The standard InChI is InChI=1S/C51H66N4O12/c1-26-16-15-17-27(2)50(63)53-41-36(22-52-55-28(3)23-54(24-29(55)4)25-35-18-13-12-14-19-35)45(60)38-39(46(41)61)44(59)33(8)48-40(38)49(62)51(10,67-48)65-21-20-37(64-11)30(5)47(66-34(9)56)32(7)43(58)31(6)42(26)57/h12-22,26,28-32,37,42-43,47,57-61H,23-25H2,1-11H3,(H,53,63). The Labute approximate surface area is 392 Å². The topological polar surface area (TPSA) is 220 Å². The maximum absolute atomic E-state index is 14.6. The summed E-state index contributed by atoms with van der Waals surface area (Å²) < 4.78 is 23.8. The van der Waals surface area contributed by atoms with Gasteiger partial charge in [-0.1, -0.05) is 76.3 Å². The number of anilines is 1. The van der Waals surface area contributed by atoms with Crippen molar-refractivity contribution in [2.75, 3.05) is 25.5 Å². The molecule has 3 aromatic carbocycles. The van der Waals surface area contributed by atoms with Crippen LogP contribution in [0.1, 0.15) is 89.4 Å². The molecular weight excluding hydrogens is 861 g/mol. The predicted molar refractivity (Wildman–Crippen MR) is 254 cm³/mol. The number of fused-ring (bicyclic) bond motifs is 14. The number of methoxy groups -OCH3 is 1. The molecule has 11 unspecified atom stereocenters.